The van der Waals surface area contributed by atoms with Crippen LogP contribution in [0, 0.1) is 6.92 Å². The number of ether oxygens (including phenoxy) is 1. The summed E-state index contributed by atoms with van der Waals surface area (Å²) in [4.78, 5) is 8.55. The molecule has 4 heteroatoms. The highest BCUT2D eigenvalue weighted by molar-refractivity contribution is 6.33. The van der Waals surface area contributed by atoms with Crippen LogP contribution in [0.25, 0.3) is 11.3 Å². The van der Waals surface area contributed by atoms with Gasteiger partial charge in [-0.1, -0.05) is 11.6 Å². The van der Waals surface area contributed by atoms with E-state index in [-0.39, 0.29) is 5.60 Å². The van der Waals surface area contributed by atoms with E-state index in [1.165, 1.54) is 0 Å². The van der Waals surface area contributed by atoms with Crippen molar-refractivity contribution in [3.8, 4) is 17.0 Å². The molecule has 0 amide bonds. The van der Waals surface area contributed by atoms with E-state index >= 15 is 0 Å². The Balaban J connectivity index is 2.38. The van der Waals surface area contributed by atoms with Gasteiger partial charge in [0.25, 0.3) is 0 Å². The van der Waals surface area contributed by atoms with Crippen LogP contribution in [0.1, 0.15) is 26.5 Å². The summed E-state index contributed by atoms with van der Waals surface area (Å²) in [7, 11) is 0. The fourth-order valence-electron chi connectivity index (χ4n) is 1.78. The lowest BCUT2D eigenvalue weighted by molar-refractivity contribution is 0.131. The van der Waals surface area contributed by atoms with Crippen molar-refractivity contribution >= 4 is 11.6 Å². The first kappa shape index (κ1) is 13.8. The molecule has 1 heterocycles. The van der Waals surface area contributed by atoms with Gasteiger partial charge in [0.1, 0.15) is 11.4 Å². The first-order valence-electron chi connectivity index (χ1n) is 6.13. The molecule has 100 valence electrons. The van der Waals surface area contributed by atoms with Gasteiger partial charge in [0.2, 0.25) is 0 Å². The third-order valence-electron chi connectivity index (χ3n) is 2.50. The number of nitrogens with zero attached hydrogens (tertiary/aromatic N) is 2. The van der Waals surface area contributed by atoms with Crippen molar-refractivity contribution in [1.82, 2.24) is 9.97 Å². The van der Waals surface area contributed by atoms with Crippen molar-refractivity contribution in [2.45, 2.75) is 33.3 Å². The lowest BCUT2D eigenvalue weighted by atomic mass is 10.1. The molecule has 0 saturated heterocycles. The Morgan fingerprint density at radius 1 is 1.11 bits per heavy atom. The van der Waals surface area contributed by atoms with E-state index in [2.05, 4.69) is 9.97 Å². The van der Waals surface area contributed by atoms with Crippen LogP contribution in [-0.2, 0) is 0 Å². The first-order chi connectivity index (χ1) is 8.87. The molecule has 3 nitrogen and oxygen atoms in total. The Bertz CT molecular complexity index is 591. The zero-order valence-electron chi connectivity index (χ0n) is 11.6. The van der Waals surface area contributed by atoms with E-state index in [9.17, 15) is 0 Å². The Morgan fingerprint density at radius 2 is 1.79 bits per heavy atom. The van der Waals surface area contributed by atoms with Crippen molar-refractivity contribution < 1.29 is 4.74 Å². The molecule has 19 heavy (non-hydrogen) atoms. The third kappa shape index (κ3) is 3.44. The molecular formula is C15H17ClN2O. The maximum Gasteiger partial charge on any atom is 0.121 e. The average Bonchev–Trinajstić information content (AvgIpc) is 2.28. The number of aromatic nitrogens is 2. The zero-order chi connectivity index (χ0) is 14.0. The molecule has 0 aliphatic rings. The Kier molecular flexibility index (Phi) is 3.76. The van der Waals surface area contributed by atoms with Crippen molar-refractivity contribution in [2.75, 3.05) is 0 Å². The second kappa shape index (κ2) is 5.17. The monoisotopic (exact) mass is 276 g/mol. The van der Waals surface area contributed by atoms with Crippen LogP contribution in [0.4, 0.5) is 0 Å². The standard InChI is InChI=1S/C15H17ClN2O/c1-10-14(18-8-7-17-10)12-6-5-11(9-13(12)16)19-15(2,3)4/h5-9H,1-4H3. The fraction of sp³-hybridized carbons (Fsp3) is 0.333. The highest BCUT2D eigenvalue weighted by Crippen LogP contribution is 2.32. The van der Waals surface area contributed by atoms with Gasteiger partial charge in [-0.2, -0.15) is 0 Å². The third-order valence-corrected chi connectivity index (χ3v) is 2.81. The van der Waals surface area contributed by atoms with Crippen LogP contribution in [0.5, 0.6) is 5.75 Å². The van der Waals surface area contributed by atoms with Crippen LogP contribution in [0.2, 0.25) is 5.02 Å². The van der Waals surface area contributed by atoms with Gasteiger partial charge in [0.15, 0.2) is 0 Å². The van der Waals surface area contributed by atoms with Crippen LogP contribution in [-0.4, -0.2) is 15.6 Å². The second-order valence-electron chi connectivity index (χ2n) is 5.35. The summed E-state index contributed by atoms with van der Waals surface area (Å²) in [6.45, 7) is 7.92. The summed E-state index contributed by atoms with van der Waals surface area (Å²) in [6, 6.07) is 5.64. The summed E-state index contributed by atoms with van der Waals surface area (Å²) < 4.78 is 5.78. The largest absolute Gasteiger partial charge is 0.488 e. The minimum atomic E-state index is -0.243. The molecule has 2 aromatic rings. The molecule has 0 N–H and O–H groups in total. The number of hydrogen-bond acceptors (Lipinski definition) is 3. The van der Waals surface area contributed by atoms with E-state index in [4.69, 9.17) is 16.3 Å². The maximum atomic E-state index is 6.32. The molecular weight excluding hydrogens is 260 g/mol. The molecule has 2 rings (SSSR count). The smallest absolute Gasteiger partial charge is 0.121 e. The highest BCUT2D eigenvalue weighted by atomic mass is 35.5. The van der Waals surface area contributed by atoms with Gasteiger partial charge >= 0.3 is 0 Å². The maximum absolute atomic E-state index is 6.32. The first-order valence-corrected chi connectivity index (χ1v) is 6.51. The summed E-state index contributed by atoms with van der Waals surface area (Å²) >= 11 is 6.32. The van der Waals surface area contributed by atoms with Crippen molar-refractivity contribution in [2.24, 2.45) is 0 Å². The summed E-state index contributed by atoms with van der Waals surface area (Å²) in [5.74, 6) is 0.753. The molecule has 0 unspecified atom stereocenters. The lowest BCUT2D eigenvalue weighted by Crippen LogP contribution is -2.22. The van der Waals surface area contributed by atoms with Crippen molar-refractivity contribution in [3.05, 3.63) is 41.3 Å². The Hall–Kier alpha value is -1.61. The number of rotatable bonds is 2. The van der Waals surface area contributed by atoms with Crippen LogP contribution < -0.4 is 4.74 Å². The molecule has 0 atom stereocenters. The molecule has 0 saturated carbocycles. The number of aryl methyl sites for hydroxylation is 1. The van der Waals surface area contributed by atoms with Crippen molar-refractivity contribution in [1.29, 1.82) is 0 Å². The highest BCUT2D eigenvalue weighted by Gasteiger charge is 2.14. The number of hydrogen-bond donors (Lipinski definition) is 0. The van der Waals surface area contributed by atoms with Crippen LogP contribution in [0.15, 0.2) is 30.6 Å². The predicted molar refractivity (Wildman–Crippen MR) is 77.6 cm³/mol. The van der Waals surface area contributed by atoms with Gasteiger partial charge in [-0.25, -0.2) is 0 Å². The second-order valence-corrected chi connectivity index (χ2v) is 5.75. The summed E-state index contributed by atoms with van der Waals surface area (Å²) in [5, 5.41) is 0.616. The van der Waals surface area contributed by atoms with E-state index in [0.717, 1.165) is 22.7 Å². The zero-order valence-corrected chi connectivity index (χ0v) is 12.3. The number of halogens is 1. The Morgan fingerprint density at radius 3 is 2.37 bits per heavy atom. The van der Waals surface area contributed by atoms with Crippen LogP contribution in [0.3, 0.4) is 0 Å². The van der Waals surface area contributed by atoms with Gasteiger partial charge in [-0.3, -0.25) is 9.97 Å². The van der Waals surface area contributed by atoms with E-state index in [1.807, 2.05) is 45.9 Å². The molecule has 0 radical (unpaired) electrons. The van der Waals surface area contributed by atoms with Gasteiger partial charge in [0, 0.05) is 18.0 Å². The molecule has 0 fully saturated rings. The quantitative estimate of drug-likeness (QED) is 0.821. The molecule has 1 aromatic heterocycles. The Labute approximate surface area is 118 Å². The average molecular weight is 277 g/mol. The molecule has 0 bridgehead atoms. The minimum Gasteiger partial charge on any atom is -0.488 e. The number of benzene rings is 1. The molecule has 0 aliphatic heterocycles. The van der Waals surface area contributed by atoms with Gasteiger partial charge in [0.05, 0.1) is 16.4 Å². The van der Waals surface area contributed by atoms with Crippen molar-refractivity contribution in [3.63, 3.8) is 0 Å². The van der Waals surface area contributed by atoms with Gasteiger partial charge in [-0.15, -0.1) is 0 Å². The molecule has 0 spiro atoms. The van der Waals surface area contributed by atoms with Gasteiger partial charge in [-0.05, 0) is 45.9 Å². The van der Waals surface area contributed by atoms with E-state index in [0.29, 0.717) is 5.02 Å². The summed E-state index contributed by atoms with van der Waals surface area (Å²) in [5.41, 5.74) is 2.28. The molecule has 0 aliphatic carbocycles. The minimum absolute atomic E-state index is 0.243. The molecule has 1 aromatic carbocycles. The fourth-order valence-corrected chi connectivity index (χ4v) is 2.04. The van der Waals surface area contributed by atoms with Gasteiger partial charge < -0.3 is 4.74 Å². The van der Waals surface area contributed by atoms with E-state index in [1.54, 1.807) is 12.4 Å². The summed E-state index contributed by atoms with van der Waals surface area (Å²) in [6.07, 6.45) is 3.34. The predicted octanol–water partition coefficient (Wildman–Crippen LogP) is 4.28. The van der Waals surface area contributed by atoms with E-state index < -0.39 is 0 Å². The normalized spacial score (nSPS) is 11.4. The topological polar surface area (TPSA) is 35.0 Å². The SMILES string of the molecule is Cc1nccnc1-c1ccc(OC(C)(C)C)cc1Cl. The van der Waals surface area contributed by atoms with Crippen LogP contribution >= 0.6 is 11.6 Å². The lowest BCUT2D eigenvalue weighted by Gasteiger charge is -2.21.